The van der Waals surface area contributed by atoms with Crippen LogP contribution in [0.2, 0.25) is 5.02 Å². The van der Waals surface area contributed by atoms with E-state index in [1.807, 2.05) is 0 Å². The zero-order valence-corrected chi connectivity index (χ0v) is 13.6. The molecule has 100 valence electrons. The summed E-state index contributed by atoms with van der Waals surface area (Å²) >= 11 is 10.1. The summed E-state index contributed by atoms with van der Waals surface area (Å²) in [7, 11) is 0. The van der Waals surface area contributed by atoms with Crippen LogP contribution in [0.25, 0.3) is 0 Å². The van der Waals surface area contributed by atoms with Gasteiger partial charge < -0.3 is 0 Å². The van der Waals surface area contributed by atoms with Crippen molar-refractivity contribution in [3.05, 3.63) is 33.8 Å². The Kier molecular flexibility index (Phi) is 5.14. The van der Waals surface area contributed by atoms with Crippen molar-refractivity contribution in [2.24, 2.45) is 5.92 Å². The van der Waals surface area contributed by atoms with Gasteiger partial charge in [0.15, 0.2) is 0 Å². The minimum absolute atomic E-state index is 0.483. The normalized spacial score (nSPS) is 18.9. The van der Waals surface area contributed by atoms with Gasteiger partial charge in [0.05, 0.1) is 0 Å². The van der Waals surface area contributed by atoms with E-state index in [-0.39, 0.29) is 0 Å². The first-order valence-electron chi connectivity index (χ1n) is 6.98. The van der Waals surface area contributed by atoms with Crippen LogP contribution in [0.5, 0.6) is 0 Å². The van der Waals surface area contributed by atoms with Crippen molar-refractivity contribution in [2.75, 3.05) is 0 Å². The number of rotatable bonds is 3. The Bertz CT molecular complexity index is 408. The lowest BCUT2D eigenvalue weighted by Crippen LogP contribution is -2.09. The molecule has 0 aliphatic heterocycles. The Morgan fingerprint density at radius 2 is 1.83 bits per heavy atom. The van der Waals surface area contributed by atoms with Crippen LogP contribution in [0.15, 0.2) is 12.1 Å². The van der Waals surface area contributed by atoms with E-state index in [0.717, 1.165) is 10.9 Å². The first-order chi connectivity index (χ1) is 8.58. The maximum Gasteiger partial charge on any atom is 0.0438 e. The second kappa shape index (κ2) is 6.43. The van der Waals surface area contributed by atoms with E-state index >= 15 is 0 Å². The summed E-state index contributed by atoms with van der Waals surface area (Å²) in [5, 5.41) is 0.883. The largest absolute Gasteiger partial charge is 0.0840 e. The highest BCUT2D eigenvalue weighted by Crippen LogP contribution is 2.38. The lowest BCUT2D eigenvalue weighted by molar-refractivity contribution is 0.338. The molecule has 0 N–H and O–H groups in total. The molecule has 0 aromatic heterocycles. The van der Waals surface area contributed by atoms with E-state index in [2.05, 4.69) is 41.9 Å². The van der Waals surface area contributed by atoms with Crippen molar-refractivity contribution in [1.29, 1.82) is 0 Å². The Labute approximate surface area is 124 Å². The molecule has 1 atom stereocenters. The first kappa shape index (κ1) is 14.4. The Hall–Kier alpha value is -0.0100. The lowest BCUT2D eigenvalue weighted by Gasteiger charge is -2.25. The summed E-state index contributed by atoms with van der Waals surface area (Å²) in [6, 6.07) is 4.35. The molecule has 2 heteroatoms. The fourth-order valence-electron chi connectivity index (χ4n) is 2.98. The predicted octanol–water partition coefficient (Wildman–Crippen LogP) is 6.36. The van der Waals surface area contributed by atoms with E-state index in [1.165, 1.54) is 55.2 Å². The van der Waals surface area contributed by atoms with Crippen LogP contribution >= 0.6 is 27.5 Å². The number of hydrogen-bond donors (Lipinski definition) is 0. The number of aryl methyl sites for hydroxylation is 2. The zero-order valence-electron chi connectivity index (χ0n) is 11.3. The smallest absolute Gasteiger partial charge is 0.0438 e. The van der Waals surface area contributed by atoms with Gasteiger partial charge >= 0.3 is 0 Å². The minimum atomic E-state index is 0.483. The van der Waals surface area contributed by atoms with Gasteiger partial charge in [0, 0.05) is 9.85 Å². The molecule has 1 aliphatic rings. The van der Waals surface area contributed by atoms with Crippen molar-refractivity contribution < 1.29 is 0 Å². The van der Waals surface area contributed by atoms with Gasteiger partial charge in [-0.3, -0.25) is 0 Å². The summed E-state index contributed by atoms with van der Waals surface area (Å²) in [5.41, 5.74) is 3.91. The van der Waals surface area contributed by atoms with E-state index in [1.54, 1.807) is 0 Å². The van der Waals surface area contributed by atoms with Gasteiger partial charge in [-0.15, -0.1) is 0 Å². The predicted molar refractivity (Wildman–Crippen MR) is 83.8 cm³/mol. The molecule has 1 aromatic rings. The SMILES string of the molecule is Cc1cc(C(Br)CC2CCCCC2)c(C)cc1Cl. The Morgan fingerprint density at radius 1 is 1.17 bits per heavy atom. The Balaban J connectivity index is 2.08. The van der Waals surface area contributed by atoms with E-state index in [9.17, 15) is 0 Å². The second-order valence-corrected chi connectivity index (χ2v) is 7.18. The van der Waals surface area contributed by atoms with Crippen molar-refractivity contribution in [3.63, 3.8) is 0 Å². The van der Waals surface area contributed by atoms with Gasteiger partial charge in [-0.25, -0.2) is 0 Å². The van der Waals surface area contributed by atoms with Gasteiger partial charge in [-0.2, -0.15) is 0 Å². The van der Waals surface area contributed by atoms with Crippen LogP contribution in [0.4, 0.5) is 0 Å². The van der Waals surface area contributed by atoms with Crippen LogP contribution in [0.1, 0.15) is 60.0 Å². The highest BCUT2D eigenvalue weighted by Gasteiger charge is 2.19. The fraction of sp³-hybridized carbons (Fsp3) is 0.625. The lowest BCUT2D eigenvalue weighted by atomic mass is 9.84. The van der Waals surface area contributed by atoms with Crippen LogP contribution in [-0.4, -0.2) is 0 Å². The monoisotopic (exact) mass is 328 g/mol. The summed E-state index contributed by atoms with van der Waals surface area (Å²) in [5.74, 6) is 0.901. The van der Waals surface area contributed by atoms with Crippen molar-refractivity contribution in [2.45, 2.75) is 57.2 Å². The third-order valence-corrected chi connectivity index (χ3v) is 5.42. The highest BCUT2D eigenvalue weighted by atomic mass is 79.9. The first-order valence-corrected chi connectivity index (χ1v) is 8.28. The molecular formula is C16H22BrCl. The molecule has 0 bridgehead atoms. The van der Waals surface area contributed by atoms with E-state index in [4.69, 9.17) is 11.6 Å². The molecule has 0 saturated heterocycles. The topological polar surface area (TPSA) is 0 Å². The molecule has 1 aromatic carbocycles. The summed E-state index contributed by atoms with van der Waals surface area (Å²) in [6.45, 7) is 4.25. The molecule has 1 fully saturated rings. The molecule has 0 radical (unpaired) electrons. The Morgan fingerprint density at radius 3 is 2.50 bits per heavy atom. The van der Waals surface area contributed by atoms with Crippen molar-refractivity contribution >= 4 is 27.5 Å². The molecule has 1 saturated carbocycles. The number of halogens is 2. The van der Waals surface area contributed by atoms with Crippen LogP contribution in [-0.2, 0) is 0 Å². The number of benzene rings is 1. The van der Waals surface area contributed by atoms with E-state index < -0.39 is 0 Å². The minimum Gasteiger partial charge on any atom is -0.0840 e. The third-order valence-electron chi connectivity index (χ3n) is 4.15. The fourth-order valence-corrected chi connectivity index (χ4v) is 4.22. The molecule has 0 spiro atoms. The molecule has 2 rings (SSSR count). The molecule has 1 unspecified atom stereocenters. The van der Waals surface area contributed by atoms with Crippen LogP contribution < -0.4 is 0 Å². The number of alkyl halides is 1. The summed E-state index contributed by atoms with van der Waals surface area (Å²) in [6.07, 6.45) is 8.36. The third kappa shape index (κ3) is 3.51. The summed E-state index contributed by atoms with van der Waals surface area (Å²) in [4.78, 5) is 0.483. The van der Waals surface area contributed by atoms with Crippen molar-refractivity contribution in [1.82, 2.24) is 0 Å². The quantitative estimate of drug-likeness (QED) is 0.566. The molecule has 0 nitrogen and oxygen atoms in total. The zero-order chi connectivity index (χ0) is 13.1. The van der Waals surface area contributed by atoms with Crippen LogP contribution in [0, 0.1) is 19.8 Å². The molecular weight excluding hydrogens is 308 g/mol. The van der Waals surface area contributed by atoms with Gasteiger partial charge in [0.25, 0.3) is 0 Å². The number of hydrogen-bond acceptors (Lipinski definition) is 0. The molecule has 0 amide bonds. The molecule has 0 heterocycles. The average molecular weight is 330 g/mol. The van der Waals surface area contributed by atoms with E-state index in [0.29, 0.717) is 4.83 Å². The highest BCUT2D eigenvalue weighted by molar-refractivity contribution is 9.09. The van der Waals surface area contributed by atoms with Gasteiger partial charge in [-0.05, 0) is 48.9 Å². The van der Waals surface area contributed by atoms with Gasteiger partial charge in [0.1, 0.15) is 0 Å². The molecule has 1 aliphatic carbocycles. The van der Waals surface area contributed by atoms with Gasteiger partial charge in [-0.1, -0.05) is 65.7 Å². The average Bonchev–Trinajstić information content (AvgIpc) is 2.35. The second-order valence-electron chi connectivity index (χ2n) is 5.67. The maximum absolute atomic E-state index is 6.17. The van der Waals surface area contributed by atoms with Crippen molar-refractivity contribution in [3.8, 4) is 0 Å². The summed E-state index contributed by atoms with van der Waals surface area (Å²) < 4.78 is 0. The maximum atomic E-state index is 6.17. The standard InChI is InChI=1S/C16H22BrCl/c1-11-9-16(18)12(2)8-14(11)15(17)10-13-6-4-3-5-7-13/h8-9,13,15H,3-7,10H2,1-2H3. The molecule has 18 heavy (non-hydrogen) atoms. The van der Waals surface area contributed by atoms with Crippen LogP contribution in [0.3, 0.4) is 0 Å². The van der Waals surface area contributed by atoms with Gasteiger partial charge in [0.2, 0.25) is 0 Å².